The summed E-state index contributed by atoms with van der Waals surface area (Å²) >= 11 is 0. The van der Waals surface area contributed by atoms with E-state index in [4.69, 9.17) is 5.73 Å². The number of rotatable bonds is 5. The van der Waals surface area contributed by atoms with Gasteiger partial charge in [0.15, 0.2) is 0 Å². The van der Waals surface area contributed by atoms with Crippen LogP contribution in [0.3, 0.4) is 0 Å². The van der Waals surface area contributed by atoms with Crippen LogP contribution in [0.2, 0.25) is 0 Å². The van der Waals surface area contributed by atoms with Gasteiger partial charge in [-0.1, -0.05) is 13.8 Å². The van der Waals surface area contributed by atoms with Crippen LogP contribution in [0, 0.1) is 12.3 Å². The van der Waals surface area contributed by atoms with Crippen molar-refractivity contribution in [3.63, 3.8) is 0 Å². The molecule has 0 saturated carbocycles. The predicted molar refractivity (Wildman–Crippen MR) is 78.8 cm³/mol. The van der Waals surface area contributed by atoms with Crippen LogP contribution in [0.5, 0.6) is 0 Å². The fraction of sp³-hybridized carbons (Fsp3) is 0.571. The number of nitrogens with two attached hydrogens (primary N) is 1. The van der Waals surface area contributed by atoms with Crippen molar-refractivity contribution < 1.29 is 21.6 Å². The van der Waals surface area contributed by atoms with Gasteiger partial charge in [0.2, 0.25) is 10.0 Å². The summed E-state index contributed by atoms with van der Waals surface area (Å²) in [6.07, 6.45) is -4.50. The van der Waals surface area contributed by atoms with Gasteiger partial charge in [0.05, 0.1) is 10.5 Å². The summed E-state index contributed by atoms with van der Waals surface area (Å²) in [5, 5.41) is 0. The highest BCUT2D eigenvalue weighted by Crippen LogP contribution is 2.32. The zero-order chi connectivity index (χ0) is 17.3. The van der Waals surface area contributed by atoms with Crippen LogP contribution in [0.15, 0.2) is 23.1 Å². The molecular weight excluding hydrogens is 317 g/mol. The molecule has 126 valence electrons. The van der Waals surface area contributed by atoms with Gasteiger partial charge < -0.3 is 5.73 Å². The number of hydrogen-bond acceptors (Lipinski definition) is 3. The lowest BCUT2D eigenvalue weighted by Crippen LogP contribution is -2.39. The van der Waals surface area contributed by atoms with E-state index in [2.05, 4.69) is 0 Å². The zero-order valence-electron chi connectivity index (χ0n) is 13.0. The fourth-order valence-electron chi connectivity index (χ4n) is 2.04. The van der Waals surface area contributed by atoms with Gasteiger partial charge in [-0.05, 0) is 42.6 Å². The topological polar surface area (TPSA) is 63.4 Å². The highest BCUT2D eigenvalue weighted by Gasteiger charge is 2.33. The minimum atomic E-state index is -4.50. The second-order valence-electron chi connectivity index (χ2n) is 6.11. The summed E-state index contributed by atoms with van der Waals surface area (Å²) < 4.78 is 64.1. The van der Waals surface area contributed by atoms with Crippen LogP contribution in [0.25, 0.3) is 0 Å². The molecule has 0 atom stereocenters. The summed E-state index contributed by atoms with van der Waals surface area (Å²) in [6.45, 7) is 5.45. The van der Waals surface area contributed by atoms with Gasteiger partial charge in [-0.15, -0.1) is 0 Å². The first-order valence-electron chi connectivity index (χ1n) is 6.65. The molecule has 0 heterocycles. The van der Waals surface area contributed by atoms with Crippen molar-refractivity contribution in [1.29, 1.82) is 0 Å². The summed E-state index contributed by atoms with van der Waals surface area (Å²) in [6, 6.07) is 2.62. The largest absolute Gasteiger partial charge is 0.416 e. The third kappa shape index (κ3) is 4.21. The lowest BCUT2D eigenvalue weighted by atomic mass is 9.94. The number of aryl methyl sites for hydroxylation is 1. The molecule has 0 fully saturated rings. The first-order chi connectivity index (χ1) is 9.81. The van der Waals surface area contributed by atoms with Crippen LogP contribution in [-0.4, -0.2) is 32.9 Å². The molecule has 22 heavy (non-hydrogen) atoms. The van der Waals surface area contributed by atoms with Crippen LogP contribution < -0.4 is 5.73 Å². The number of sulfonamides is 1. The van der Waals surface area contributed by atoms with E-state index in [-0.39, 0.29) is 17.0 Å². The van der Waals surface area contributed by atoms with Crippen molar-refractivity contribution >= 4 is 10.0 Å². The van der Waals surface area contributed by atoms with Gasteiger partial charge in [0.1, 0.15) is 0 Å². The summed E-state index contributed by atoms with van der Waals surface area (Å²) in [5.41, 5.74) is 4.35. The van der Waals surface area contributed by atoms with E-state index < -0.39 is 27.2 Å². The molecule has 0 amide bonds. The van der Waals surface area contributed by atoms with E-state index in [1.54, 1.807) is 0 Å². The van der Waals surface area contributed by atoms with Crippen LogP contribution >= 0.6 is 0 Å². The Bertz CT molecular complexity index is 640. The zero-order valence-corrected chi connectivity index (χ0v) is 13.8. The molecule has 0 spiro atoms. The average molecular weight is 338 g/mol. The maximum Gasteiger partial charge on any atom is 0.416 e. The summed E-state index contributed by atoms with van der Waals surface area (Å²) in [7, 11) is -2.47. The maximum atomic E-state index is 12.6. The standard InChI is InChI=1S/C14H21F3N2O2S/c1-10-7-11(14(15,16)17)5-6-12(10)22(20,21)19(4)9-13(2,3)8-18/h5-7H,8-9,18H2,1-4H3. The van der Waals surface area contributed by atoms with Crippen molar-refractivity contribution in [3.8, 4) is 0 Å². The molecule has 0 aliphatic carbocycles. The van der Waals surface area contributed by atoms with Crippen molar-refractivity contribution in [1.82, 2.24) is 4.31 Å². The smallest absolute Gasteiger partial charge is 0.330 e. The lowest BCUT2D eigenvalue weighted by molar-refractivity contribution is -0.137. The monoisotopic (exact) mass is 338 g/mol. The lowest BCUT2D eigenvalue weighted by Gasteiger charge is -2.29. The third-order valence-corrected chi connectivity index (χ3v) is 5.36. The molecule has 0 aliphatic rings. The Kier molecular flexibility index (Phi) is 5.31. The van der Waals surface area contributed by atoms with E-state index in [1.165, 1.54) is 14.0 Å². The van der Waals surface area contributed by atoms with Crippen LogP contribution in [-0.2, 0) is 16.2 Å². The van der Waals surface area contributed by atoms with Crippen molar-refractivity contribution in [2.24, 2.45) is 11.1 Å². The van der Waals surface area contributed by atoms with E-state index in [0.29, 0.717) is 6.54 Å². The summed E-state index contributed by atoms with van der Waals surface area (Å²) in [5.74, 6) is 0. The number of nitrogens with zero attached hydrogens (tertiary/aromatic N) is 1. The molecule has 0 aliphatic heterocycles. The minimum absolute atomic E-state index is 0.0622. The van der Waals surface area contributed by atoms with Gasteiger partial charge in [-0.25, -0.2) is 12.7 Å². The molecule has 0 unspecified atom stereocenters. The normalized spacial score (nSPS) is 13.7. The number of hydrogen-bond donors (Lipinski definition) is 1. The molecule has 0 bridgehead atoms. The van der Waals surface area contributed by atoms with Crippen molar-refractivity contribution in [3.05, 3.63) is 29.3 Å². The Morgan fingerprint density at radius 1 is 1.23 bits per heavy atom. The molecule has 4 nitrogen and oxygen atoms in total. The van der Waals surface area contributed by atoms with Gasteiger partial charge >= 0.3 is 6.18 Å². The molecular formula is C14H21F3N2O2S. The second-order valence-corrected chi connectivity index (χ2v) is 8.12. The molecule has 0 aromatic heterocycles. The molecule has 2 N–H and O–H groups in total. The van der Waals surface area contributed by atoms with Gasteiger partial charge in [0, 0.05) is 13.6 Å². The number of alkyl halides is 3. The van der Waals surface area contributed by atoms with Crippen LogP contribution in [0.1, 0.15) is 25.0 Å². The Morgan fingerprint density at radius 2 is 1.77 bits per heavy atom. The molecule has 1 rings (SSSR count). The third-order valence-electron chi connectivity index (χ3n) is 3.39. The second kappa shape index (κ2) is 6.17. The first-order valence-corrected chi connectivity index (χ1v) is 8.09. The van der Waals surface area contributed by atoms with Crippen molar-refractivity contribution in [2.75, 3.05) is 20.1 Å². The molecule has 1 aromatic rings. The Balaban J connectivity index is 3.19. The minimum Gasteiger partial charge on any atom is -0.330 e. The molecule has 8 heteroatoms. The maximum absolute atomic E-state index is 12.6. The van der Waals surface area contributed by atoms with Gasteiger partial charge in [-0.3, -0.25) is 0 Å². The highest BCUT2D eigenvalue weighted by atomic mass is 32.2. The highest BCUT2D eigenvalue weighted by molar-refractivity contribution is 7.89. The van der Waals surface area contributed by atoms with Gasteiger partial charge in [-0.2, -0.15) is 13.2 Å². The Labute approximate surface area is 129 Å². The van der Waals surface area contributed by atoms with Crippen molar-refractivity contribution in [2.45, 2.75) is 31.8 Å². The van der Waals surface area contributed by atoms with E-state index in [0.717, 1.165) is 22.5 Å². The number of halogens is 3. The predicted octanol–water partition coefficient (Wildman–Crippen LogP) is 2.62. The van der Waals surface area contributed by atoms with E-state index >= 15 is 0 Å². The summed E-state index contributed by atoms with van der Waals surface area (Å²) in [4.78, 5) is -0.129. The quantitative estimate of drug-likeness (QED) is 0.898. The van der Waals surface area contributed by atoms with E-state index in [9.17, 15) is 21.6 Å². The Morgan fingerprint density at radius 3 is 2.18 bits per heavy atom. The SMILES string of the molecule is Cc1cc(C(F)(F)F)ccc1S(=O)(=O)N(C)CC(C)(C)CN. The van der Waals surface area contributed by atoms with Gasteiger partial charge in [0.25, 0.3) is 0 Å². The first kappa shape index (κ1) is 18.9. The molecule has 0 saturated heterocycles. The fourth-order valence-corrected chi connectivity index (χ4v) is 3.60. The molecule has 1 aromatic carbocycles. The average Bonchev–Trinajstić information content (AvgIpc) is 2.36. The van der Waals surface area contributed by atoms with E-state index in [1.807, 2.05) is 13.8 Å². The molecule has 0 radical (unpaired) electrons. The Hall–Kier alpha value is -1.12. The number of benzene rings is 1. The van der Waals surface area contributed by atoms with Crippen LogP contribution in [0.4, 0.5) is 13.2 Å².